The van der Waals surface area contributed by atoms with Gasteiger partial charge in [0.2, 0.25) is 0 Å². The summed E-state index contributed by atoms with van der Waals surface area (Å²) < 4.78 is 0. The Hall–Kier alpha value is -0.950. The fourth-order valence-electron chi connectivity index (χ4n) is 2.11. The summed E-state index contributed by atoms with van der Waals surface area (Å²) in [4.78, 5) is 0. The van der Waals surface area contributed by atoms with Crippen LogP contribution in [-0.2, 0) is 0 Å². The van der Waals surface area contributed by atoms with Gasteiger partial charge >= 0.3 is 0 Å². The zero-order valence-corrected chi connectivity index (χ0v) is 10.9. The van der Waals surface area contributed by atoms with Gasteiger partial charge in [-0.25, -0.2) is 0 Å². The topological polar surface area (TPSA) is 0 Å². The van der Waals surface area contributed by atoms with Crippen molar-refractivity contribution in [1.29, 1.82) is 0 Å². The van der Waals surface area contributed by atoms with Crippen molar-refractivity contribution in [3.05, 3.63) is 57.5 Å². The molecule has 17 heavy (non-hydrogen) atoms. The summed E-state index contributed by atoms with van der Waals surface area (Å²) in [6.07, 6.45) is 0. The molecule has 0 nitrogen and oxygen atoms in total. The highest BCUT2D eigenvalue weighted by atomic mass is 35.5. The number of rotatable bonds is 0. The highest BCUT2D eigenvalue weighted by molar-refractivity contribution is 6.51. The second-order valence-electron chi connectivity index (χ2n) is 3.84. The Morgan fingerprint density at radius 3 is 2.00 bits per heavy atom. The van der Waals surface area contributed by atoms with Crippen LogP contribution in [-0.4, -0.2) is 0 Å². The van der Waals surface area contributed by atoms with Crippen LogP contribution in [0.3, 0.4) is 0 Å². The first kappa shape index (κ1) is 11.2. The van der Waals surface area contributed by atoms with Crippen molar-refractivity contribution < 1.29 is 0 Å². The molecule has 0 spiro atoms. The van der Waals surface area contributed by atoms with Gasteiger partial charge in [0.25, 0.3) is 0 Å². The largest absolute Gasteiger partial charge is 0.0836 e. The third kappa shape index (κ3) is 1.60. The van der Waals surface area contributed by atoms with Crippen molar-refractivity contribution in [1.82, 2.24) is 0 Å². The summed E-state index contributed by atoms with van der Waals surface area (Å²) >= 11 is 18.8. The van der Waals surface area contributed by atoms with Gasteiger partial charge < -0.3 is 0 Å². The van der Waals surface area contributed by atoms with Crippen LogP contribution in [0.5, 0.6) is 0 Å². The monoisotopic (exact) mass is 280 g/mol. The van der Waals surface area contributed by atoms with Crippen LogP contribution in [0.15, 0.2) is 42.5 Å². The van der Waals surface area contributed by atoms with Crippen LogP contribution in [0, 0.1) is 0 Å². The van der Waals surface area contributed by atoms with E-state index in [2.05, 4.69) is 0 Å². The zero-order chi connectivity index (χ0) is 12.0. The lowest BCUT2D eigenvalue weighted by atomic mass is 10.0. The number of hydrogen-bond donors (Lipinski definition) is 0. The number of benzene rings is 3. The molecule has 0 aliphatic rings. The Morgan fingerprint density at radius 2 is 1.24 bits per heavy atom. The van der Waals surface area contributed by atoms with E-state index in [4.69, 9.17) is 34.8 Å². The summed E-state index contributed by atoms with van der Waals surface area (Å²) in [5.74, 6) is 0. The first-order valence-corrected chi connectivity index (χ1v) is 6.27. The smallest absolute Gasteiger partial charge is 0.0692 e. The van der Waals surface area contributed by atoms with E-state index in [1.165, 1.54) is 0 Å². The van der Waals surface area contributed by atoms with E-state index in [0.29, 0.717) is 15.1 Å². The Balaban J connectivity index is 2.70. The molecule has 0 N–H and O–H groups in total. The number of halogens is 3. The van der Waals surface area contributed by atoms with E-state index >= 15 is 0 Å². The highest BCUT2D eigenvalue weighted by Crippen LogP contribution is 2.41. The van der Waals surface area contributed by atoms with Crippen molar-refractivity contribution in [2.24, 2.45) is 0 Å². The van der Waals surface area contributed by atoms with E-state index in [0.717, 1.165) is 21.5 Å². The van der Waals surface area contributed by atoms with Crippen molar-refractivity contribution in [3.63, 3.8) is 0 Å². The Bertz CT molecular complexity index is 732. The van der Waals surface area contributed by atoms with Crippen LogP contribution in [0.2, 0.25) is 15.1 Å². The maximum absolute atomic E-state index is 6.29. The van der Waals surface area contributed by atoms with Gasteiger partial charge in [-0.1, -0.05) is 71.2 Å². The predicted molar refractivity (Wildman–Crippen MR) is 76.5 cm³/mol. The molecular weight excluding hydrogens is 275 g/mol. The van der Waals surface area contributed by atoms with Gasteiger partial charge in [-0.05, 0) is 16.8 Å². The minimum Gasteiger partial charge on any atom is -0.0836 e. The summed E-state index contributed by atoms with van der Waals surface area (Å²) in [6.45, 7) is 0. The predicted octanol–water partition coefficient (Wildman–Crippen LogP) is 5.95. The van der Waals surface area contributed by atoms with Crippen molar-refractivity contribution in [2.45, 2.75) is 0 Å². The van der Waals surface area contributed by atoms with Gasteiger partial charge in [0.1, 0.15) is 0 Å². The molecule has 0 bridgehead atoms. The molecule has 0 atom stereocenters. The molecule has 0 saturated carbocycles. The third-order valence-corrected chi connectivity index (χ3v) is 4.06. The van der Waals surface area contributed by atoms with Gasteiger partial charge in [0.05, 0.1) is 10.0 Å². The lowest BCUT2D eigenvalue weighted by Crippen LogP contribution is -1.82. The minimum absolute atomic E-state index is 0.519. The van der Waals surface area contributed by atoms with E-state index in [1.807, 2.05) is 42.5 Å². The Kier molecular flexibility index (Phi) is 2.67. The molecular formula is C14H7Cl3. The lowest BCUT2D eigenvalue weighted by molar-refractivity contribution is 1.76. The summed E-state index contributed by atoms with van der Waals surface area (Å²) in [5.41, 5.74) is 0. The van der Waals surface area contributed by atoms with Gasteiger partial charge in [-0.3, -0.25) is 0 Å². The number of hydrogen-bond acceptors (Lipinski definition) is 0. The summed E-state index contributed by atoms with van der Waals surface area (Å²) in [5, 5.41) is 5.57. The SMILES string of the molecule is Clc1c(Cl)c2c(Cl)cccc2c2ccccc12. The quantitative estimate of drug-likeness (QED) is 0.446. The molecule has 0 aliphatic heterocycles. The van der Waals surface area contributed by atoms with Gasteiger partial charge in [0.15, 0.2) is 0 Å². The van der Waals surface area contributed by atoms with Crippen LogP contribution >= 0.6 is 34.8 Å². The highest BCUT2D eigenvalue weighted by Gasteiger charge is 2.12. The molecule has 3 rings (SSSR count). The maximum atomic E-state index is 6.29. The zero-order valence-electron chi connectivity index (χ0n) is 8.68. The van der Waals surface area contributed by atoms with Crippen LogP contribution in [0.4, 0.5) is 0 Å². The molecule has 3 heteroatoms. The van der Waals surface area contributed by atoms with E-state index in [1.54, 1.807) is 0 Å². The molecule has 84 valence electrons. The van der Waals surface area contributed by atoms with E-state index in [-0.39, 0.29) is 0 Å². The Labute approximate surface area is 114 Å². The molecule has 3 aromatic rings. The molecule has 0 amide bonds. The standard InChI is InChI=1S/C14H7Cl3/c15-11-7-3-6-9-8-4-1-2-5-10(8)13(16)14(17)12(9)11/h1-7H. The lowest BCUT2D eigenvalue weighted by Gasteiger charge is -2.10. The maximum Gasteiger partial charge on any atom is 0.0692 e. The molecule has 0 radical (unpaired) electrons. The molecule has 3 aromatic carbocycles. The van der Waals surface area contributed by atoms with E-state index in [9.17, 15) is 0 Å². The molecule has 0 aromatic heterocycles. The minimum atomic E-state index is 0.519. The molecule has 0 fully saturated rings. The van der Waals surface area contributed by atoms with Crippen molar-refractivity contribution in [2.75, 3.05) is 0 Å². The Morgan fingerprint density at radius 1 is 0.588 bits per heavy atom. The van der Waals surface area contributed by atoms with Crippen molar-refractivity contribution in [3.8, 4) is 0 Å². The van der Waals surface area contributed by atoms with Gasteiger partial charge in [-0.15, -0.1) is 0 Å². The average molecular weight is 282 g/mol. The first-order valence-electron chi connectivity index (χ1n) is 5.14. The van der Waals surface area contributed by atoms with Crippen LogP contribution < -0.4 is 0 Å². The molecule has 0 unspecified atom stereocenters. The second-order valence-corrected chi connectivity index (χ2v) is 5.00. The summed E-state index contributed by atoms with van der Waals surface area (Å²) in [7, 11) is 0. The average Bonchev–Trinajstić information content (AvgIpc) is 2.36. The van der Waals surface area contributed by atoms with Crippen LogP contribution in [0.25, 0.3) is 21.5 Å². The third-order valence-electron chi connectivity index (χ3n) is 2.88. The van der Waals surface area contributed by atoms with Gasteiger partial charge in [0, 0.05) is 15.8 Å². The fraction of sp³-hybridized carbons (Fsp3) is 0. The first-order chi connectivity index (χ1) is 8.20. The van der Waals surface area contributed by atoms with Gasteiger partial charge in [-0.2, -0.15) is 0 Å². The van der Waals surface area contributed by atoms with E-state index < -0.39 is 0 Å². The molecule has 0 saturated heterocycles. The normalized spacial score (nSPS) is 11.2. The van der Waals surface area contributed by atoms with Crippen LogP contribution in [0.1, 0.15) is 0 Å². The fourth-order valence-corrected chi connectivity index (χ4v) is 2.99. The molecule has 0 aliphatic carbocycles. The summed E-state index contributed by atoms with van der Waals surface area (Å²) in [6, 6.07) is 13.7. The molecule has 0 heterocycles. The van der Waals surface area contributed by atoms with Crippen molar-refractivity contribution >= 4 is 56.3 Å². The number of fused-ring (bicyclic) bond motifs is 3. The second kappa shape index (κ2) is 4.06.